The van der Waals surface area contributed by atoms with Gasteiger partial charge in [0.25, 0.3) is 0 Å². The molecule has 1 aliphatic rings. The molecule has 138 valence electrons. The number of nitrogens with one attached hydrogen (secondary N) is 2. The van der Waals surface area contributed by atoms with Gasteiger partial charge in [0.05, 0.1) is 12.1 Å². The zero-order valence-corrected chi connectivity index (χ0v) is 16.9. The van der Waals surface area contributed by atoms with Crippen LogP contribution in [0.1, 0.15) is 46.0 Å². The lowest BCUT2D eigenvalue weighted by Crippen LogP contribution is -2.42. The summed E-state index contributed by atoms with van der Waals surface area (Å²) in [7, 11) is 0. The van der Waals surface area contributed by atoms with Crippen LogP contribution in [-0.4, -0.2) is 62.7 Å². The maximum atomic E-state index is 10.4. The topological polar surface area (TPSA) is 75.1 Å². The first-order chi connectivity index (χ1) is 10.7. The minimum atomic E-state index is -0.718. The molecule has 0 aromatic heterocycles. The Labute approximate surface area is 157 Å². The van der Waals surface area contributed by atoms with Crippen molar-refractivity contribution in [3.8, 4) is 0 Å². The first-order valence-corrected chi connectivity index (χ1v) is 8.60. The molecule has 0 atom stereocenters. The van der Waals surface area contributed by atoms with Gasteiger partial charge >= 0.3 is 0 Å². The number of aliphatic hydroxyl groups is 1. The monoisotopic (exact) mass is 443 g/mol. The zero-order valence-electron chi connectivity index (χ0n) is 14.6. The molecule has 1 heterocycles. The smallest absolute Gasteiger partial charge is 0.191 e. The van der Waals surface area contributed by atoms with Crippen LogP contribution in [0.25, 0.3) is 0 Å². The number of aliphatic imine (C=N–C) groups is 1. The van der Waals surface area contributed by atoms with Crippen LogP contribution in [0.3, 0.4) is 0 Å². The number of unbranched alkanes of at least 4 members (excludes halogenated alkanes) is 1. The Bertz CT molecular complexity index is 311. The number of nitrogens with zero attached hydrogens (tertiary/aromatic N) is 1. The molecule has 1 saturated heterocycles. The maximum absolute atomic E-state index is 10.4. The second kappa shape index (κ2) is 14.2. The third-order valence-electron chi connectivity index (χ3n) is 3.70. The number of halogens is 1. The molecule has 6 nitrogen and oxygen atoms in total. The molecule has 0 aromatic rings. The van der Waals surface area contributed by atoms with Gasteiger partial charge in [-0.3, -0.25) is 4.99 Å². The van der Waals surface area contributed by atoms with Crippen molar-refractivity contribution in [2.75, 3.05) is 46.1 Å². The van der Waals surface area contributed by atoms with E-state index >= 15 is 0 Å². The van der Waals surface area contributed by atoms with Crippen molar-refractivity contribution in [3.05, 3.63) is 0 Å². The molecule has 0 amide bonds. The Kier molecular flexibility index (Phi) is 14.2. The summed E-state index contributed by atoms with van der Waals surface area (Å²) >= 11 is 0. The molecule has 1 aliphatic heterocycles. The molecule has 0 saturated carbocycles. The summed E-state index contributed by atoms with van der Waals surface area (Å²) in [5.41, 5.74) is -0.718. The minimum absolute atomic E-state index is 0. The summed E-state index contributed by atoms with van der Waals surface area (Å²) in [5.74, 6) is 0.760. The van der Waals surface area contributed by atoms with Crippen molar-refractivity contribution in [1.29, 1.82) is 0 Å². The van der Waals surface area contributed by atoms with Crippen molar-refractivity contribution in [1.82, 2.24) is 10.6 Å². The van der Waals surface area contributed by atoms with Gasteiger partial charge in [0, 0.05) is 52.4 Å². The Hall–Kier alpha value is -0.120. The van der Waals surface area contributed by atoms with Gasteiger partial charge in [0.15, 0.2) is 5.96 Å². The van der Waals surface area contributed by atoms with Crippen LogP contribution in [0.15, 0.2) is 4.99 Å². The maximum Gasteiger partial charge on any atom is 0.191 e. The van der Waals surface area contributed by atoms with Crippen molar-refractivity contribution < 1.29 is 14.6 Å². The van der Waals surface area contributed by atoms with Crippen LogP contribution in [0.2, 0.25) is 0 Å². The summed E-state index contributed by atoms with van der Waals surface area (Å²) in [4.78, 5) is 4.50. The predicted molar refractivity (Wildman–Crippen MR) is 105 cm³/mol. The van der Waals surface area contributed by atoms with Crippen LogP contribution in [0, 0.1) is 0 Å². The van der Waals surface area contributed by atoms with E-state index in [9.17, 15) is 5.11 Å². The van der Waals surface area contributed by atoms with E-state index in [1.165, 1.54) is 6.42 Å². The highest BCUT2D eigenvalue weighted by molar-refractivity contribution is 14.0. The molecular formula is C16H34IN3O3. The summed E-state index contributed by atoms with van der Waals surface area (Å²) < 4.78 is 10.8. The van der Waals surface area contributed by atoms with E-state index in [-0.39, 0.29) is 24.0 Å². The van der Waals surface area contributed by atoms with E-state index in [0.29, 0.717) is 32.6 Å². The van der Waals surface area contributed by atoms with E-state index in [1.807, 2.05) is 6.92 Å². The zero-order chi connectivity index (χ0) is 16.1. The largest absolute Gasteiger partial charge is 0.388 e. The van der Waals surface area contributed by atoms with Crippen LogP contribution in [0.5, 0.6) is 0 Å². The van der Waals surface area contributed by atoms with Gasteiger partial charge in [-0.15, -0.1) is 24.0 Å². The van der Waals surface area contributed by atoms with E-state index in [1.54, 1.807) is 0 Å². The van der Waals surface area contributed by atoms with Crippen molar-refractivity contribution in [2.45, 2.75) is 51.6 Å². The lowest BCUT2D eigenvalue weighted by atomic mass is 9.95. The van der Waals surface area contributed by atoms with Gasteiger partial charge < -0.3 is 25.2 Å². The lowest BCUT2D eigenvalue weighted by molar-refractivity contribution is -0.0565. The van der Waals surface area contributed by atoms with Gasteiger partial charge in [-0.05, 0) is 19.8 Å². The first-order valence-electron chi connectivity index (χ1n) is 8.60. The summed E-state index contributed by atoms with van der Waals surface area (Å²) in [6.45, 7) is 9.09. The fraction of sp³-hybridized carbons (Fsp3) is 0.938. The fourth-order valence-electron chi connectivity index (χ4n) is 2.21. The minimum Gasteiger partial charge on any atom is -0.388 e. The summed E-state index contributed by atoms with van der Waals surface area (Å²) in [6.07, 6.45) is 4.55. The molecule has 3 N–H and O–H groups in total. The van der Waals surface area contributed by atoms with Gasteiger partial charge in [0.2, 0.25) is 0 Å². The van der Waals surface area contributed by atoms with E-state index in [2.05, 4.69) is 22.5 Å². The second-order valence-electron chi connectivity index (χ2n) is 5.78. The van der Waals surface area contributed by atoms with Gasteiger partial charge in [0.1, 0.15) is 0 Å². The molecule has 0 radical (unpaired) electrons. The van der Waals surface area contributed by atoms with E-state index in [4.69, 9.17) is 9.47 Å². The number of rotatable bonds is 10. The number of hydrogen-bond donors (Lipinski definition) is 3. The standard InChI is InChI=1S/C16H33N3O3.HI/c1-3-5-10-21-11-6-9-18-15(17-4-2)19-14-16(20)7-12-22-13-8-16;/h20H,3-14H2,1-2H3,(H2,17,18,19);1H. The first kappa shape index (κ1) is 22.9. The molecule has 0 aromatic carbocycles. The van der Waals surface area contributed by atoms with E-state index < -0.39 is 5.60 Å². The van der Waals surface area contributed by atoms with Crippen LogP contribution < -0.4 is 10.6 Å². The summed E-state index contributed by atoms with van der Waals surface area (Å²) in [6, 6.07) is 0. The van der Waals surface area contributed by atoms with Gasteiger partial charge in [-0.2, -0.15) is 0 Å². The van der Waals surface area contributed by atoms with Crippen LogP contribution >= 0.6 is 24.0 Å². The predicted octanol–water partition coefficient (Wildman–Crippen LogP) is 1.91. The van der Waals surface area contributed by atoms with Gasteiger partial charge in [-0.1, -0.05) is 13.3 Å². The number of guanidine groups is 1. The normalized spacial score (nSPS) is 17.4. The summed E-state index contributed by atoms with van der Waals surface area (Å²) in [5, 5.41) is 16.9. The van der Waals surface area contributed by atoms with Crippen molar-refractivity contribution >= 4 is 29.9 Å². The molecule has 0 bridgehead atoms. The SMILES string of the molecule is CCCCOCCCNC(=NCC1(O)CCOCC1)NCC.I. The molecule has 0 aliphatic carbocycles. The Morgan fingerprint density at radius 2 is 1.87 bits per heavy atom. The molecule has 23 heavy (non-hydrogen) atoms. The van der Waals surface area contributed by atoms with Crippen molar-refractivity contribution in [2.24, 2.45) is 4.99 Å². The third kappa shape index (κ3) is 11.1. The molecule has 1 fully saturated rings. The number of ether oxygens (including phenoxy) is 2. The Balaban J connectivity index is 0.00000484. The molecule has 0 spiro atoms. The molecule has 7 heteroatoms. The Morgan fingerprint density at radius 3 is 2.52 bits per heavy atom. The molecule has 0 unspecified atom stereocenters. The second-order valence-corrected chi connectivity index (χ2v) is 5.78. The lowest BCUT2D eigenvalue weighted by Gasteiger charge is -2.30. The quantitative estimate of drug-likeness (QED) is 0.208. The van der Waals surface area contributed by atoms with Crippen LogP contribution in [-0.2, 0) is 9.47 Å². The molecular weight excluding hydrogens is 409 g/mol. The number of hydrogen-bond acceptors (Lipinski definition) is 4. The Morgan fingerprint density at radius 1 is 1.17 bits per heavy atom. The van der Waals surface area contributed by atoms with Gasteiger partial charge in [-0.25, -0.2) is 0 Å². The average molecular weight is 443 g/mol. The molecule has 1 rings (SSSR count). The highest BCUT2D eigenvalue weighted by atomic mass is 127. The van der Waals surface area contributed by atoms with E-state index in [0.717, 1.165) is 45.1 Å². The highest BCUT2D eigenvalue weighted by Gasteiger charge is 2.29. The average Bonchev–Trinajstić information content (AvgIpc) is 2.52. The van der Waals surface area contributed by atoms with Crippen molar-refractivity contribution in [3.63, 3.8) is 0 Å². The van der Waals surface area contributed by atoms with Crippen LogP contribution in [0.4, 0.5) is 0 Å². The fourth-order valence-corrected chi connectivity index (χ4v) is 2.21. The third-order valence-corrected chi connectivity index (χ3v) is 3.70. The highest BCUT2D eigenvalue weighted by Crippen LogP contribution is 2.20.